The number of amides is 2. The highest BCUT2D eigenvalue weighted by atomic mass is 32.1. The summed E-state index contributed by atoms with van der Waals surface area (Å²) >= 11 is 1.60. The molecule has 1 atom stereocenters. The van der Waals surface area contributed by atoms with Gasteiger partial charge in [0, 0.05) is 35.1 Å². The van der Waals surface area contributed by atoms with Crippen LogP contribution in [0.5, 0.6) is 0 Å². The summed E-state index contributed by atoms with van der Waals surface area (Å²) in [5.74, 6) is 0.0194. The van der Waals surface area contributed by atoms with E-state index in [-0.39, 0.29) is 11.9 Å². The number of alkyl halides is 3. The van der Waals surface area contributed by atoms with E-state index in [1.807, 2.05) is 18.4 Å². The van der Waals surface area contributed by atoms with Crippen molar-refractivity contribution in [3.8, 4) is 11.3 Å². The number of hydrogen-bond acceptors (Lipinski definition) is 4. The summed E-state index contributed by atoms with van der Waals surface area (Å²) in [6.07, 6.45) is -1.88. The molecular formula is C18H21F3N4OS. The van der Waals surface area contributed by atoms with E-state index in [0.29, 0.717) is 37.4 Å². The van der Waals surface area contributed by atoms with E-state index in [2.05, 4.69) is 15.6 Å². The number of carbonyl (C=O) groups excluding carboxylic acids is 1. The summed E-state index contributed by atoms with van der Waals surface area (Å²) in [7, 11) is 0. The SMILES string of the molecule is Cc1cc(-c2ncccc2NC(=O)NCC2CCN(CC(F)(F)F)C2)cs1. The van der Waals surface area contributed by atoms with Gasteiger partial charge in [-0.05, 0) is 44.0 Å². The summed E-state index contributed by atoms with van der Waals surface area (Å²) in [4.78, 5) is 19.1. The zero-order chi connectivity index (χ0) is 19.4. The normalized spacial score (nSPS) is 17.9. The molecule has 5 nitrogen and oxygen atoms in total. The Morgan fingerprint density at radius 1 is 1.44 bits per heavy atom. The number of hydrogen-bond donors (Lipinski definition) is 2. The van der Waals surface area contributed by atoms with Crippen LogP contribution in [-0.4, -0.2) is 48.3 Å². The van der Waals surface area contributed by atoms with Crippen molar-refractivity contribution in [2.75, 3.05) is 31.5 Å². The number of nitrogens with one attached hydrogen (secondary N) is 2. The highest BCUT2D eigenvalue weighted by molar-refractivity contribution is 7.10. The first-order valence-electron chi connectivity index (χ1n) is 8.64. The van der Waals surface area contributed by atoms with Crippen molar-refractivity contribution in [2.45, 2.75) is 19.5 Å². The molecular weight excluding hydrogens is 377 g/mol. The van der Waals surface area contributed by atoms with Gasteiger partial charge < -0.3 is 10.6 Å². The van der Waals surface area contributed by atoms with Gasteiger partial charge in [0.05, 0.1) is 17.9 Å². The van der Waals surface area contributed by atoms with Crippen molar-refractivity contribution in [1.29, 1.82) is 0 Å². The molecule has 27 heavy (non-hydrogen) atoms. The van der Waals surface area contributed by atoms with Crippen LogP contribution in [-0.2, 0) is 0 Å². The van der Waals surface area contributed by atoms with Gasteiger partial charge in [-0.25, -0.2) is 4.79 Å². The van der Waals surface area contributed by atoms with Crippen molar-refractivity contribution < 1.29 is 18.0 Å². The Labute approximate surface area is 159 Å². The van der Waals surface area contributed by atoms with E-state index in [1.165, 1.54) is 4.90 Å². The molecule has 2 aromatic rings. The Kier molecular flexibility index (Phi) is 6.01. The molecule has 0 radical (unpaired) electrons. The molecule has 2 aromatic heterocycles. The highest BCUT2D eigenvalue weighted by Crippen LogP contribution is 2.29. The lowest BCUT2D eigenvalue weighted by Gasteiger charge is -2.18. The van der Waals surface area contributed by atoms with Gasteiger partial charge in [0.1, 0.15) is 0 Å². The molecule has 3 heterocycles. The molecule has 3 rings (SSSR count). The minimum Gasteiger partial charge on any atom is -0.338 e. The number of thiophene rings is 1. The van der Waals surface area contributed by atoms with Gasteiger partial charge in [-0.3, -0.25) is 9.88 Å². The maximum Gasteiger partial charge on any atom is 0.401 e. The number of nitrogens with zero attached hydrogens (tertiary/aromatic N) is 2. The average molecular weight is 398 g/mol. The molecule has 1 saturated heterocycles. The Morgan fingerprint density at radius 3 is 2.96 bits per heavy atom. The van der Waals surface area contributed by atoms with Gasteiger partial charge in [-0.2, -0.15) is 13.2 Å². The Morgan fingerprint density at radius 2 is 2.26 bits per heavy atom. The van der Waals surface area contributed by atoms with Gasteiger partial charge in [-0.1, -0.05) is 0 Å². The highest BCUT2D eigenvalue weighted by Gasteiger charge is 2.34. The second kappa shape index (κ2) is 8.26. The fourth-order valence-electron chi connectivity index (χ4n) is 3.18. The molecule has 1 unspecified atom stereocenters. The van der Waals surface area contributed by atoms with Gasteiger partial charge in [-0.15, -0.1) is 11.3 Å². The molecule has 146 valence electrons. The lowest BCUT2D eigenvalue weighted by atomic mass is 10.1. The largest absolute Gasteiger partial charge is 0.401 e. The van der Waals surface area contributed by atoms with Gasteiger partial charge in [0.2, 0.25) is 0 Å². The number of halogens is 3. The second-order valence-electron chi connectivity index (χ2n) is 6.69. The van der Waals surface area contributed by atoms with Gasteiger partial charge in [0.25, 0.3) is 0 Å². The molecule has 0 bridgehead atoms. The van der Waals surface area contributed by atoms with E-state index >= 15 is 0 Å². The van der Waals surface area contributed by atoms with E-state index in [9.17, 15) is 18.0 Å². The molecule has 1 aliphatic heterocycles. The summed E-state index contributed by atoms with van der Waals surface area (Å²) in [5.41, 5.74) is 2.22. The monoisotopic (exact) mass is 398 g/mol. The number of carbonyl (C=O) groups is 1. The van der Waals surface area contributed by atoms with Crippen molar-refractivity contribution in [2.24, 2.45) is 5.92 Å². The smallest absolute Gasteiger partial charge is 0.338 e. The average Bonchev–Trinajstić information content (AvgIpc) is 3.21. The van der Waals surface area contributed by atoms with Crippen LogP contribution in [0.15, 0.2) is 29.8 Å². The number of likely N-dealkylation sites (tertiary alicyclic amines) is 1. The fourth-order valence-corrected chi connectivity index (χ4v) is 3.87. The summed E-state index contributed by atoms with van der Waals surface area (Å²) < 4.78 is 37.3. The van der Waals surface area contributed by atoms with E-state index < -0.39 is 12.7 Å². The Hall–Kier alpha value is -2.13. The molecule has 0 spiro atoms. The quantitative estimate of drug-likeness (QED) is 0.797. The van der Waals surface area contributed by atoms with Gasteiger partial charge >= 0.3 is 12.2 Å². The summed E-state index contributed by atoms with van der Waals surface area (Å²) in [6.45, 7) is 2.19. The Balaban J connectivity index is 1.52. The number of pyridine rings is 1. The van der Waals surface area contributed by atoms with Crippen molar-refractivity contribution in [3.63, 3.8) is 0 Å². The summed E-state index contributed by atoms with van der Waals surface area (Å²) in [6, 6.07) is 5.13. The number of rotatable bonds is 5. The zero-order valence-electron chi connectivity index (χ0n) is 14.8. The minimum atomic E-state index is -4.18. The first-order chi connectivity index (χ1) is 12.8. The van der Waals surface area contributed by atoms with E-state index in [4.69, 9.17) is 0 Å². The molecule has 0 aromatic carbocycles. The fraction of sp³-hybridized carbons (Fsp3) is 0.444. The second-order valence-corrected chi connectivity index (χ2v) is 7.80. The van der Waals surface area contributed by atoms with Crippen molar-refractivity contribution in [1.82, 2.24) is 15.2 Å². The molecule has 1 fully saturated rings. The molecule has 2 N–H and O–H groups in total. The van der Waals surface area contributed by atoms with Crippen LogP contribution in [0.4, 0.5) is 23.7 Å². The van der Waals surface area contributed by atoms with Crippen LogP contribution in [0.3, 0.4) is 0 Å². The van der Waals surface area contributed by atoms with Crippen molar-refractivity contribution >= 4 is 23.1 Å². The third-order valence-corrected chi connectivity index (χ3v) is 5.25. The lowest BCUT2D eigenvalue weighted by Crippen LogP contribution is -2.36. The van der Waals surface area contributed by atoms with Crippen molar-refractivity contribution in [3.05, 3.63) is 34.7 Å². The first kappa shape index (κ1) is 19.6. The third-order valence-electron chi connectivity index (χ3n) is 4.38. The van der Waals surface area contributed by atoms with Crippen LogP contribution in [0.2, 0.25) is 0 Å². The topological polar surface area (TPSA) is 57.3 Å². The molecule has 0 saturated carbocycles. The molecule has 1 aliphatic rings. The molecule has 2 amide bonds. The van der Waals surface area contributed by atoms with Crippen LogP contribution < -0.4 is 10.6 Å². The maximum atomic E-state index is 12.4. The van der Waals surface area contributed by atoms with E-state index in [0.717, 1.165) is 10.4 Å². The van der Waals surface area contributed by atoms with Crippen LogP contribution in [0.1, 0.15) is 11.3 Å². The van der Waals surface area contributed by atoms with E-state index in [1.54, 1.807) is 29.7 Å². The zero-order valence-corrected chi connectivity index (χ0v) is 15.7. The number of aromatic nitrogens is 1. The molecule has 0 aliphatic carbocycles. The number of anilines is 1. The first-order valence-corrected chi connectivity index (χ1v) is 9.52. The summed E-state index contributed by atoms with van der Waals surface area (Å²) in [5, 5.41) is 7.53. The molecule has 9 heteroatoms. The van der Waals surface area contributed by atoms with Crippen LogP contribution in [0, 0.1) is 12.8 Å². The third kappa shape index (κ3) is 5.67. The minimum absolute atomic E-state index is 0.0194. The number of urea groups is 1. The Bertz CT molecular complexity index is 793. The number of aryl methyl sites for hydroxylation is 1. The maximum absolute atomic E-state index is 12.4. The predicted molar refractivity (Wildman–Crippen MR) is 99.9 cm³/mol. The predicted octanol–water partition coefficient (Wildman–Crippen LogP) is 4.12. The lowest BCUT2D eigenvalue weighted by molar-refractivity contribution is -0.143. The van der Waals surface area contributed by atoms with Gasteiger partial charge in [0.15, 0.2) is 0 Å². The standard InChI is InChI=1S/C18H21F3N4OS/c1-12-7-14(10-27-12)16-15(3-2-5-22-16)24-17(26)23-8-13-4-6-25(9-13)11-18(19,20)21/h2-3,5,7,10,13H,4,6,8-9,11H2,1H3,(H2,23,24,26). The van der Waals surface area contributed by atoms with Crippen LogP contribution in [0.25, 0.3) is 11.3 Å². The van der Waals surface area contributed by atoms with Crippen LogP contribution >= 0.6 is 11.3 Å².